The van der Waals surface area contributed by atoms with E-state index in [9.17, 15) is 9.59 Å². The lowest BCUT2D eigenvalue weighted by atomic mass is 10.1. The van der Waals surface area contributed by atoms with Crippen molar-refractivity contribution in [2.75, 3.05) is 51.7 Å². The smallest absolute Gasteiger partial charge is 0.262 e. The molecule has 0 unspecified atom stereocenters. The Bertz CT molecular complexity index is 856. The molecule has 2 aromatic rings. The Morgan fingerprint density at radius 2 is 1.66 bits per heavy atom. The number of ether oxygens (including phenoxy) is 1. The number of amides is 1. The highest BCUT2D eigenvalue weighted by molar-refractivity contribution is 5.98. The summed E-state index contributed by atoms with van der Waals surface area (Å²) in [7, 11) is 2.10. The third-order valence-electron chi connectivity index (χ3n) is 5.30. The molecule has 154 valence electrons. The second-order valence-corrected chi connectivity index (χ2v) is 7.66. The SMILES string of the molecule is Cc1ccc(OCC(=O)Nc2ccc(C(=O)CN3CCN(C)CC3)cc2)cc1C. The third-order valence-corrected chi connectivity index (χ3v) is 5.30. The zero-order valence-electron chi connectivity index (χ0n) is 17.4. The van der Waals surface area contributed by atoms with Crippen LogP contribution in [-0.4, -0.2) is 67.9 Å². The van der Waals surface area contributed by atoms with Crippen LogP contribution < -0.4 is 10.1 Å². The fraction of sp³-hybridized carbons (Fsp3) is 0.391. The summed E-state index contributed by atoms with van der Waals surface area (Å²) in [5.41, 5.74) is 3.62. The Labute approximate surface area is 172 Å². The van der Waals surface area contributed by atoms with E-state index in [1.165, 1.54) is 5.56 Å². The summed E-state index contributed by atoms with van der Waals surface area (Å²) in [5, 5.41) is 2.80. The number of likely N-dealkylation sites (N-methyl/N-ethyl adjacent to an activating group) is 1. The fourth-order valence-corrected chi connectivity index (χ4v) is 3.19. The lowest BCUT2D eigenvalue weighted by molar-refractivity contribution is -0.118. The van der Waals surface area contributed by atoms with Crippen molar-refractivity contribution in [3.63, 3.8) is 0 Å². The molecule has 1 amide bonds. The highest BCUT2D eigenvalue weighted by Gasteiger charge is 2.17. The van der Waals surface area contributed by atoms with Gasteiger partial charge < -0.3 is 15.0 Å². The topological polar surface area (TPSA) is 61.9 Å². The van der Waals surface area contributed by atoms with Crippen LogP contribution in [0.5, 0.6) is 5.75 Å². The number of rotatable bonds is 7. The van der Waals surface area contributed by atoms with Gasteiger partial charge in [-0.25, -0.2) is 0 Å². The van der Waals surface area contributed by atoms with Gasteiger partial charge in [0.2, 0.25) is 0 Å². The zero-order chi connectivity index (χ0) is 20.8. The average molecular weight is 396 g/mol. The quantitative estimate of drug-likeness (QED) is 0.731. The van der Waals surface area contributed by atoms with Crippen LogP contribution in [0.4, 0.5) is 5.69 Å². The molecular weight excluding hydrogens is 366 g/mol. The summed E-state index contributed by atoms with van der Waals surface area (Å²) in [6.45, 7) is 8.22. The summed E-state index contributed by atoms with van der Waals surface area (Å²) in [6.07, 6.45) is 0. The fourth-order valence-electron chi connectivity index (χ4n) is 3.19. The van der Waals surface area contributed by atoms with Gasteiger partial charge in [0.05, 0.1) is 6.54 Å². The summed E-state index contributed by atoms with van der Waals surface area (Å²) >= 11 is 0. The molecule has 0 atom stereocenters. The van der Waals surface area contributed by atoms with Gasteiger partial charge in [-0.1, -0.05) is 6.07 Å². The minimum atomic E-state index is -0.236. The van der Waals surface area contributed by atoms with Crippen LogP contribution in [0.2, 0.25) is 0 Å². The van der Waals surface area contributed by atoms with Gasteiger partial charge in [-0.15, -0.1) is 0 Å². The van der Waals surface area contributed by atoms with E-state index in [1.807, 2.05) is 32.0 Å². The van der Waals surface area contributed by atoms with E-state index in [2.05, 4.69) is 22.2 Å². The van der Waals surface area contributed by atoms with Crippen molar-refractivity contribution in [3.05, 3.63) is 59.2 Å². The van der Waals surface area contributed by atoms with E-state index in [1.54, 1.807) is 24.3 Å². The van der Waals surface area contributed by atoms with E-state index < -0.39 is 0 Å². The molecular formula is C23H29N3O3. The molecule has 1 heterocycles. The number of ketones is 1. The summed E-state index contributed by atoms with van der Waals surface area (Å²) < 4.78 is 5.55. The number of carbonyl (C=O) groups is 2. The molecule has 1 aliphatic heterocycles. The van der Waals surface area contributed by atoms with Crippen LogP contribution in [-0.2, 0) is 4.79 Å². The number of nitrogens with zero attached hydrogens (tertiary/aromatic N) is 2. The van der Waals surface area contributed by atoms with Gasteiger partial charge in [0, 0.05) is 37.4 Å². The van der Waals surface area contributed by atoms with Crippen LogP contribution in [0.3, 0.4) is 0 Å². The summed E-state index contributed by atoms with van der Waals surface area (Å²) in [6, 6.07) is 12.8. The second-order valence-electron chi connectivity index (χ2n) is 7.66. The molecule has 0 aromatic heterocycles. The lowest BCUT2D eigenvalue weighted by Gasteiger charge is -2.31. The Balaban J connectivity index is 1.47. The molecule has 29 heavy (non-hydrogen) atoms. The molecule has 1 N–H and O–H groups in total. The highest BCUT2D eigenvalue weighted by Crippen LogP contribution is 2.16. The first-order valence-corrected chi connectivity index (χ1v) is 9.95. The van der Waals surface area contributed by atoms with E-state index in [4.69, 9.17) is 4.74 Å². The number of hydrogen-bond donors (Lipinski definition) is 1. The number of hydrogen-bond acceptors (Lipinski definition) is 5. The molecule has 0 bridgehead atoms. The lowest BCUT2D eigenvalue weighted by Crippen LogP contribution is -2.46. The Morgan fingerprint density at radius 3 is 2.31 bits per heavy atom. The van der Waals surface area contributed by atoms with Crippen molar-refractivity contribution in [1.82, 2.24) is 9.80 Å². The first-order chi connectivity index (χ1) is 13.9. The predicted molar refractivity (Wildman–Crippen MR) is 115 cm³/mol. The van der Waals surface area contributed by atoms with Gasteiger partial charge in [0.25, 0.3) is 5.91 Å². The molecule has 0 saturated carbocycles. The van der Waals surface area contributed by atoms with Crippen LogP contribution in [0.15, 0.2) is 42.5 Å². The first kappa shape index (κ1) is 21.0. The molecule has 1 fully saturated rings. The number of carbonyl (C=O) groups excluding carboxylic acids is 2. The number of Topliss-reactive ketones (excluding diaryl/α,β-unsaturated/α-hetero) is 1. The van der Waals surface area contributed by atoms with Crippen molar-refractivity contribution < 1.29 is 14.3 Å². The molecule has 0 spiro atoms. The minimum absolute atomic E-state index is 0.0629. The molecule has 1 saturated heterocycles. The van der Waals surface area contributed by atoms with Gasteiger partial charge in [-0.3, -0.25) is 14.5 Å². The maximum absolute atomic E-state index is 12.5. The van der Waals surface area contributed by atoms with Gasteiger partial charge in [0.15, 0.2) is 12.4 Å². The summed E-state index contributed by atoms with van der Waals surface area (Å²) in [4.78, 5) is 29.1. The summed E-state index contributed by atoms with van der Waals surface area (Å²) in [5.74, 6) is 0.540. The normalized spacial score (nSPS) is 15.1. The molecule has 1 aliphatic rings. The Morgan fingerprint density at radius 1 is 0.966 bits per heavy atom. The second kappa shape index (κ2) is 9.67. The van der Waals surface area contributed by atoms with Crippen molar-refractivity contribution in [2.24, 2.45) is 0 Å². The van der Waals surface area contributed by atoms with Gasteiger partial charge in [-0.05, 0) is 68.4 Å². The minimum Gasteiger partial charge on any atom is -0.484 e. The molecule has 3 rings (SSSR count). The van der Waals surface area contributed by atoms with E-state index >= 15 is 0 Å². The van der Waals surface area contributed by atoms with E-state index in [0.717, 1.165) is 31.7 Å². The van der Waals surface area contributed by atoms with Crippen molar-refractivity contribution in [2.45, 2.75) is 13.8 Å². The van der Waals surface area contributed by atoms with Crippen LogP contribution in [0, 0.1) is 13.8 Å². The molecule has 6 heteroatoms. The van der Waals surface area contributed by atoms with E-state index in [0.29, 0.717) is 23.5 Å². The number of aryl methyl sites for hydroxylation is 2. The number of nitrogens with one attached hydrogen (secondary N) is 1. The monoisotopic (exact) mass is 395 g/mol. The Kier molecular flexibility index (Phi) is 7.01. The Hall–Kier alpha value is -2.70. The maximum atomic E-state index is 12.5. The molecule has 0 aliphatic carbocycles. The van der Waals surface area contributed by atoms with Gasteiger partial charge in [0.1, 0.15) is 5.75 Å². The maximum Gasteiger partial charge on any atom is 0.262 e. The van der Waals surface area contributed by atoms with Crippen molar-refractivity contribution in [3.8, 4) is 5.75 Å². The van der Waals surface area contributed by atoms with Crippen molar-refractivity contribution in [1.29, 1.82) is 0 Å². The first-order valence-electron chi connectivity index (χ1n) is 9.95. The van der Waals surface area contributed by atoms with Crippen LogP contribution in [0.25, 0.3) is 0 Å². The average Bonchev–Trinajstić information content (AvgIpc) is 2.71. The number of piperazine rings is 1. The van der Waals surface area contributed by atoms with Gasteiger partial charge in [-0.2, -0.15) is 0 Å². The van der Waals surface area contributed by atoms with Crippen LogP contribution in [0.1, 0.15) is 21.5 Å². The predicted octanol–water partition coefficient (Wildman–Crippen LogP) is 2.75. The van der Waals surface area contributed by atoms with Crippen LogP contribution >= 0.6 is 0 Å². The largest absolute Gasteiger partial charge is 0.484 e. The zero-order valence-corrected chi connectivity index (χ0v) is 17.4. The number of anilines is 1. The molecule has 0 radical (unpaired) electrons. The standard InChI is InChI=1S/C23H29N3O3/c1-17-4-9-21(14-18(17)2)29-16-23(28)24-20-7-5-19(6-8-20)22(27)15-26-12-10-25(3)11-13-26/h4-9,14H,10-13,15-16H2,1-3H3,(H,24,28). The molecule has 2 aromatic carbocycles. The number of benzene rings is 2. The van der Waals surface area contributed by atoms with E-state index in [-0.39, 0.29) is 18.3 Å². The highest BCUT2D eigenvalue weighted by atomic mass is 16.5. The van der Waals surface area contributed by atoms with Gasteiger partial charge >= 0.3 is 0 Å². The van der Waals surface area contributed by atoms with Crippen molar-refractivity contribution >= 4 is 17.4 Å². The third kappa shape index (κ3) is 6.14. The molecule has 6 nitrogen and oxygen atoms in total.